The standard InChI is InChI=1S/C14H18FNO3S/c1-9-6-12(15)7-10(2)14(9)20(18,19)16-5-4-13(17)11(3)8-16/h6-7,11H,4-5,8H2,1-3H3. The first-order valence-corrected chi connectivity index (χ1v) is 7.97. The number of piperidine rings is 1. The van der Waals surface area contributed by atoms with Gasteiger partial charge >= 0.3 is 0 Å². The lowest BCUT2D eigenvalue weighted by Crippen LogP contribution is -2.43. The van der Waals surface area contributed by atoms with E-state index in [9.17, 15) is 17.6 Å². The Kier molecular flexibility index (Phi) is 3.97. The van der Waals surface area contributed by atoms with Gasteiger partial charge in [0.15, 0.2) is 0 Å². The van der Waals surface area contributed by atoms with E-state index in [0.717, 1.165) is 0 Å². The Labute approximate surface area is 118 Å². The van der Waals surface area contributed by atoms with Gasteiger partial charge in [-0.2, -0.15) is 4.31 Å². The molecule has 0 aliphatic carbocycles. The van der Waals surface area contributed by atoms with E-state index >= 15 is 0 Å². The molecule has 1 aromatic rings. The molecule has 1 fully saturated rings. The van der Waals surface area contributed by atoms with Crippen molar-refractivity contribution in [1.82, 2.24) is 4.31 Å². The summed E-state index contributed by atoms with van der Waals surface area (Å²) in [5, 5.41) is 0. The lowest BCUT2D eigenvalue weighted by Gasteiger charge is -2.30. The van der Waals surface area contributed by atoms with E-state index in [4.69, 9.17) is 0 Å². The van der Waals surface area contributed by atoms with Gasteiger partial charge in [0.2, 0.25) is 10.0 Å². The smallest absolute Gasteiger partial charge is 0.243 e. The molecule has 0 radical (unpaired) electrons. The summed E-state index contributed by atoms with van der Waals surface area (Å²) in [5.41, 5.74) is 0.791. The predicted octanol–water partition coefficient (Wildman–Crippen LogP) is 2.04. The zero-order chi connectivity index (χ0) is 15.1. The fourth-order valence-corrected chi connectivity index (χ4v) is 4.57. The van der Waals surface area contributed by atoms with Crippen LogP contribution in [0.25, 0.3) is 0 Å². The Balaban J connectivity index is 2.44. The lowest BCUT2D eigenvalue weighted by molar-refractivity contribution is -0.124. The van der Waals surface area contributed by atoms with Crippen LogP contribution in [0.4, 0.5) is 4.39 Å². The van der Waals surface area contributed by atoms with E-state index in [-0.39, 0.29) is 36.1 Å². The third-order valence-electron chi connectivity index (χ3n) is 3.66. The third-order valence-corrected chi connectivity index (χ3v) is 5.83. The molecule has 6 heteroatoms. The fraction of sp³-hybridized carbons (Fsp3) is 0.500. The molecular formula is C14H18FNO3S. The second-order valence-corrected chi connectivity index (χ2v) is 7.22. The summed E-state index contributed by atoms with van der Waals surface area (Å²) in [6, 6.07) is 2.44. The second-order valence-electron chi connectivity index (χ2n) is 5.35. The quantitative estimate of drug-likeness (QED) is 0.840. The number of Topliss-reactive ketones (excluding diaryl/α,β-unsaturated/α-hetero) is 1. The summed E-state index contributed by atoms with van der Waals surface area (Å²) < 4.78 is 40.0. The van der Waals surface area contributed by atoms with Crippen molar-refractivity contribution in [3.8, 4) is 0 Å². The van der Waals surface area contributed by atoms with E-state index in [1.807, 2.05) is 0 Å². The van der Waals surface area contributed by atoms with Crippen molar-refractivity contribution in [2.24, 2.45) is 5.92 Å². The molecule has 0 N–H and O–H groups in total. The second kappa shape index (κ2) is 5.26. The maximum atomic E-state index is 13.3. The van der Waals surface area contributed by atoms with Gasteiger partial charge in [-0.15, -0.1) is 0 Å². The van der Waals surface area contributed by atoms with Crippen LogP contribution in [0, 0.1) is 25.6 Å². The van der Waals surface area contributed by atoms with Crippen LogP contribution in [-0.2, 0) is 14.8 Å². The monoisotopic (exact) mass is 299 g/mol. The van der Waals surface area contributed by atoms with Crippen molar-refractivity contribution < 1.29 is 17.6 Å². The van der Waals surface area contributed by atoms with Crippen LogP contribution in [0.15, 0.2) is 17.0 Å². The molecule has 20 heavy (non-hydrogen) atoms. The summed E-state index contributed by atoms with van der Waals surface area (Å²) in [6.45, 7) is 5.29. The summed E-state index contributed by atoms with van der Waals surface area (Å²) in [5.74, 6) is -0.648. The summed E-state index contributed by atoms with van der Waals surface area (Å²) in [6.07, 6.45) is 0.236. The first-order chi connectivity index (χ1) is 9.23. The Morgan fingerprint density at radius 1 is 1.25 bits per heavy atom. The average molecular weight is 299 g/mol. The first kappa shape index (κ1) is 15.1. The van der Waals surface area contributed by atoms with Gasteiger partial charge in [-0.3, -0.25) is 4.79 Å². The Morgan fingerprint density at radius 3 is 2.30 bits per heavy atom. The summed E-state index contributed by atoms with van der Waals surface area (Å²) in [4.78, 5) is 11.7. The van der Waals surface area contributed by atoms with Gasteiger partial charge in [0, 0.05) is 25.4 Å². The van der Waals surface area contributed by atoms with Crippen molar-refractivity contribution in [1.29, 1.82) is 0 Å². The van der Waals surface area contributed by atoms with Crippen LogP contribution in [-0.4, -0.2) is 31.6 Å². The highest BCUT2D eigenvalue weighted by atomic mass is 32.2. The summed E-state index contributed by atoms with van der Waals surface area (Å²) >= 11 is 0. The molecule has 0 aromatic heterocycles. The van der Waals surface area contributed by atoms with Gasteiger partial charge in [-0.1, -0.05) is 6.92 Å². The number of ketones is 1. The third kappa shape index (κ3) is 2.62. The number of rotatable bonds is 2. The molecule has 0 bridgehead atoms. The van der Waals surface area contributed by atoms with Crippen molar-refractivity contribution in [2.75, 3.05) is 13.1 Å². The molecule has 1 saturated heterocycles. The number of benzene rings is 1. The molecule has 1 aliphatic rings. The van der Waals surface area contributed by atoms with Gasteiger partial charge < -0.3 is 0 Å². The van der Waals surface area contributed by atoms with Gasteiger partial charge in [0.1, 0.15) is 11.6 Å². The SMILES string of the molecule is Cc1cc(F)cc(C)c1S(=O)(=O)N1CCC(=O)C(C)C1. The Bertz CT molecular complexity index is 631. The van der Waals surface area contributed by atoms with Crippen molar-refractivity contribution in [3.05, 3.63) is 29.1 Å². The molecule has 0 amide bonds. The molecule has 1 unspecified atom stereocenters. The molecule has 1 aromatic carbocycles. The van der Waals surface area contributed by atoms with Crippen molar-refractivity contribution in [3.63, 3.8) is 0 Å². The normalized spacial score (nSPS) is 21.2. The highest BCUT2D eigenvalue weighted by molar-refractivity contribution is 7.89. The maximum Gasteiger partial charge on any atom is 0.243 e. The number of aryl methyl sites for hydroxylation is 2. The Hall–Kier alpha value is -1.27. The van der Waals surface area contributed by atoms with Crippen molar-refractivity contribution in [2.45, 2.75) is 32.1 Å². The molecular weight excluding hydrogens is 281 g/mol. The fourth-order valence-electron chi connectivity index (χ4n) is 2.63. The van der Waals surface area contributed by atoms with Crippen LogP contribution >= 0.6 is 0 Å². The van der Waals surface area contributed by atoms with Gasteiger partial charge in [-0.25, -0.2) is 12.8 Å². The van der Waals surface area contributed by atoms with Gasteiger partial charge in [-0.05, 0) is 37.1 Å². The largest absolute Gasteiger partial charge is 0.299 e. The van der Waals surface area contributed by atoms with Gasteiger partial charge in [0.05, 0.1) is 4.90 Å². The van der Waals surface area contributed by atoms with E-state index in [2.05, 4.69) is 0 Å². The number of carbonyl (C=O) groups is 1. The van der Waals surface area contributed by atoms with Crippen LogP contribution in [0.1, 0.15) is 24.5 Å². The van der Waals surface area contributed by atoms with E-state index in [0.29, 0.717) is 11.1 Å². The van der Waals surface area contributed by atoms with Gasteiger partial charge in [0.25, 0.3) is 0 Å². The van der Waals surface area contributed by atoms with Crippen LogP contribution in [0.3, 0.4) is 0 Å². The number of hydrogen-bond donors (Lipinski definition) is 0. The minimum atomic E-state index is -3.68. The van der Waals surface area contributed by atoms with E-state index in [1.165, 1.54) is 16.4 Å². The Morgan fingerprint density at radius 2 is 1.80 bits per heavy atom. The molecule has 1 aliphatic heterocycles. The molecule has 0 saturated carbocycles. The summed E-state index contributed by atoms with van der Waals surface area (Å²) in [7, 11) is -3.68. The minimum absolute atomic E-state index is 0.0870. The number of carbonyl (C=O) groups excluding carboxylic acids is 1. The molecule has 110 valence electrons. The predicted molar refractivity (Wildman–Crippen MR) is 73.4 cm³/mol. The number of sulfonamides is 1. The molecule has 1 heterocycles. The van der Waals surface area contributed by atoms with E-state index in [1.54, 1.807) is 20.8 Å². The maximum absolute atomic E-state index is 13.3. The van der Waals surface area contributed by atoms with Crippen LogP contribution < -0.4 is 0 Å². The average Bonchev–Trinajstić information content (AvgIpc) is 2.30. The lowest BCUT2D eigenvalue weighted by atomic mass is 10.0. The molecule has 2 rings (SSSR count). The molecule has 0 spiro atoms. The topological polar surface area (TPSA) is 54.5 Å². The zero-order valence-corrected chi connectivity index (χ0v) is 12.6. The molecule has 4 nitrogen and oxygen atoms in total. The first-order valence-electron chi connectivity index (χ1n) is 6.53. The minimum Gasteiger partial charge on any atom is -0.299 e. The highest BCUT2D eigenvalue weighted by Gasteiger charge is 2.34. The number of hydrogen-bond acceptors (Lipinski definition) is 3. The molecule has 1 atom stereocenters. The van der Waals surface area contributed by atoms with Crippen molar-refractivity contribution >= 4 is 15.8 Å². The highest BCUT2D eigenvalue weighted by Crippen LogP contribution is 2.27. The number of nitrogens with zero attached hydrogens (tertiary/aromatic N) is 1. The number of halogens is 1. The van der Waals surface area contributed by atoms with E-state index < -0.39 is 15.8 Å². The van der Waals surface area contributed by atoms with Crippen LogP contribution in [0.2, 0.25) is 0 Å². The zero-order valence-electron chi connectivity index (χ0n) is 11.8. The van der Waals surface area contributed by atoms with Crippen LogP contribution in [0.5, 0.6) is 0 Å².